The van der Waals surface area contributed by atoms with Crippen LogP contribution in [0.25, 0.3) is 11.3 Å². The Morgan fingerprint density at radius 2 is 1.64 bits per heavy atom. The van der Waals surface area contributed by atoms with Crippen LogP contribution in [-0.2, 0) is 0 Å². The Morgan fingerprint density at radius 1 is 0.893 bits per heavy atom. The highest BCUT2D eigenvalue weighted by Gasteiger charge is 2.12. The summed E-state index contributed by atoms with van der Waals surface area (Å²) in [4.78, 5) is 4.12. The molecule has 3 rings (SSSR count). The van der Waals surface area contributed by atoms with Crippen molar-refractivity contribution in [2.75, 3.05) is 6.61 Å². The van der Waals surface area contributed by atoms with Crippen LogP contribution in [-0.4, -0.2) is 11.6 Å². The first-order valence-electron chi connectivity index (χ1n) is 8.14. The van der Waals surface area contributed by atoms with Crippen molar-refractivity contribution in [3.63, 3.8) is 0 Å². The number of benzene rings is 2. The third-order valence-corrected chi connectivity index (χ3v) is 3.69. The number of ether oxygens (including phenoxy) is 1. The first kappa shape index (κ1) is 19.2. The minimum Gasteiger partial charge on any atom is -0.488 e. The molecule has 0 amide bonds. The van der Waals surface area contributed by atoms with Crippen LogP contribution in [0.15, 0.2) is 61.3 Å². The Balaban J connectivity index is 1.88. The lowest BCUT2D eigenvalue weighted by molar-refractivity contribution is 0.362. The van der Waals surface area contributed by atoms with Crippen LogP contribution in [0.5, 0.6) is 5.75 Å². The van der Waals surface area contributed by atoms with Gasteiger partial charge >= 0.3 is 0 Å². The molecule has 2 nitrogen and oxygen atoms in total. The summed E-state index contributed by atoms with van der Waals surface area (Å²) in [5, 5.41) is 0. The molecule has 28 heavy (non-hydrogen) atoms. The molecule has 6 heteroatoms. The lowest BCUT2D eigenvalue weighted by Gasteiger charge is -2.06. The van der Waals surface area contributed by atoms with E-state index in [0.29, 0.717) is 18.1 Å². The second kappa shape index (κ2) is 8.40. The van der Waals surface area contributed by atoms with E-state index < -0.39 is 28.8 Å². The van der Waals surface area contributed by atoms with E-state index in [4.69, 9.17) is 4.74 Å². The highest BCUT2D eigenvalue weighted by Crippen LogP contribution is 2.24. The topological polar surface area (TPSA) is 22.1 Å². The summed E-state index contributed by atoms with van der Waals surface area (Å²) < 4.78 is 60.1. The molecule has 3 aromatic rings. The Morgan fingerprint density at radius 3 is 2.25 bits per heavy atom. The molecule has 1 aromatic heterocycles. The lowest BCUT2D eigenvalue weighted by atomic mass is 10.1. The van der Waals surface area contributed by atoms with E-state index in [1.165, 1.54) is 12.3 Å². The largest absolute Gasteiger partial charge is 0.488 e. The minimum absolute atomic E-state index is 0.0959. The minimum atomic E-state index is -1.09. The first-order chi connectivity index (χ1) is 13.5. The molecule has 0 N–H and O–H groups in total. The fourth-order valence-corrected chi connectivity index (χ4v) is 2.34. The zero-order valence-electron chi connectivity index (χ0n) is 14.5. The van der Waals surface area contributed by atoms with Crippen molar-refractivity contribution in [2.45, 2.75) is 0 Å². The quantitative estimate of drug-likeness (QED) is 0.348. The van der Waals surface area contributed by atoms with E-state index >= 15 is 0 Å². The molecule has 0 aliphatic heterocycles. The maximum absolute atomic E-state index is 14.3. The molecule has 0 saturated carbocycles. The van der Waals surface area contributed by atoms with Crippen LogP contribution in [0, 0.1) is 35.1 Å². The maximum Gasteiger partial charge on any atom is 0.160 e. The second-order valence-corrected chi connectivity index (χ2v) is 5.67. The van der Waals surface area contributed by atoms with Gasteiger partial charge in [-0.3, -0.25) is 4.98 Å². The van der Waals surface area contributed by atoms with Gasteiger partial charge in [0.25, 0.3) is 0 Å². The summed E-state index contributed by atoms with van der Waals surface area (Å²) in [6.07, 6.45) is 3.02. The number of hydrogen-bond acceptors (Lipinski definition) is 2. The number of aromatic nitrogens is 1. The molecule has 0 bridgehead atoms. The summed E-state index contributed by atoms with van der Waals surface area (Å²) in [5.74, 6) is 1.34. The van der Waals surface area contributed by atoms with Gasteiger partial charge in [-0.25, -0.2) is 17.6 Å². The van der Waals surface area contributed by atoms with Crippen LogP contribution in [0.2, 0.25) is 0 Å². The summed E-state index contributed by atoms with van der Waals surface area (Å²) in [6, 6.07) is 8.36. The van der Waals surface area contributed by atoms with E-state index in [0.717, 1.165) is 24.3 Å². The number of rotatable bonds is 4. The van der Waals surface area contributed by atoms with Gasteiger partial charge in [-0.2, -0.15) is 0 Å². The van der Waals surface area contributed by atoms with Crippen molar-refractivity contribution in [3.05, 3.63) is 95.7 Å². The van der Waals surface area contributed by atoms with Gasteiger partial charge in [0.1, 0.15) is 24.0 Å². The molecule has 0 spiro atoms. The van der Waals surface area contributed by atoms with E-state index in [9.17, 15) is 17.6 Å². The molecule has 0 atom stereocenters. The standard InChI is InChI=1S/C22H13F4NO/c1-2-9-28-16-5-8-22(27-13-16)15-11-19(24)17(20(25)12-15)6-3-14-4-7-18(23)21(26)10-14/h2,4-5,7-8,10-13H,1,9H2. The van der Waals surface area contributed by atoms with Crippen LogP contribution in [0.4, 0.5) is 17.6 Å². The fraction of sp³-hybridized carbons (Fsp3) is 0.0455. The number of pyridine rings is 1. The lowest BCUT2D eigenvalue weighted by Crippen LogP contribution is -1.96. The van der Waals surface area contributed by atoms with Gasteiger partial charge in [-0.1, -0.05) is 24.5 Å². The monoisotopic (exact) mass is 383 g/mol. The molecular weight excluding hydrogens is 370 g/mol. The third-order valence-electron chi connectivity index (χ3n) is 3.69. The molecular formula is C22H13F4NO. The van der Waals surface area contributed by atoms with Crippen LogP contribution < -0.4 is 4.74 Å². The van der Waals surface area contributed by atoms with Crippen molar-refractivity contribution in [2.24, 2.45) is 0 Å². The molecule has 0 aliphatic carbocycles. The van der Waals surface area contributed by atoms with Gasteiger partial charge in [-0.15, -0.1) is 0 Å². The van der Waals surface area contributed by atoms with E-state index in [-0.39, 0.29) is 11.1 Å². The Kier molecular flexibility index (Phi) is 5.75. The summed E-state index contributed by atoms with van der Waals surface area (Å²) in [5.41, 5.74) is 0.200. The molecule has 0 saturated heterocycles. The average molecular weight is 383 g/mol. The van der Waals surface area contributed by atoms with Gasteiger partial charge in [-0.05, 0) is 42.5 Å². The smallest absolute Gasteiger partial charge is 0.160 e. The van der Waals surface area contributed by atoms with Gasteiger partial charge in [0.15, 0.2) is 11.6 Å². The van der Waals surface area contributed by atoms with Gasteiger partial charge in [0.05, 0.1) is 17.5 Å². The molecule has 140 valence electrons. The molecule has 0 unspecified atom stereocenters. The van der Waals surface area contributed by atoms with Crippen molar-refractivity contribution in [1.29, 1.82) is 0 Å². The predicted octanol–water partition coefficient (Wildman–Crippen LogP) is 5.27. The number of halogens is 4. The van der Waals surface area contributed by atoms with E-state index in [2.05, 4.69) is 23.4 Å². The summed E-state index contributed by atoms with van der Waals surface area (Å²) in [6.45, 7) is 3.85. The van der Waals surface area contributed by atoms with Crippen molar-refractivity contribution >= 4 is 0 Å². The molecule has 2 aromatic carbocycles. The van der Waals surface area contributed by atoms with Gasteiger partial charge in [0.2, 0.25) is 0 Å². The molecule has 0 aliphatic rings. The predicted molar refractivity (Wildman–Crippen MR) is 97.6 cm³/mol. The zero-order valence-corrected chi connectivity index (χ0v) is 14.5. The normalized spacial score (nSPS) is 10.1. The SMILES string of the molecule is C=CCOc1ccc(-c2cc(F)c(C#Cc3ccc(F)c(F)c3)c(F)c2)nc1. The van der Waals surface area contributed by atoms with Crippen LogP contribution >= 0.6 is 0 Å². The number of hydrogen-bond donors (Lipinski definition) is 0. The zero-order chi connectivity index (χ0) is 20.1. The Hall–Kier alpha value is -3.59. The summed E-state index contributed by atoms with van der Waals surface area (Å²) in [7, 11) is 0. The van der Waals surface area contributed by atoms with Gasteiger partial charge < -0.3 is 4.74 Å². The highest BCUT2D eigenvalue weighted by molar-refractivity contribution is 5.62. The first-order valence-corrected chi connectivity index (χ1v) is 8.14. The molecule has 1 heterocycles. The fourth-order valence-electron chi connectivity index (χ4n) is 2.34. The van der Waals surface area contributed by atoms with Crippen LogP contribution in [0.1, 0.15) is 11.1 Å². The second-order valence-electron chi connectivity index (χ2n) is 5.67. The average Bonchev–Trinajstić information content (AvgIpc) is 2.68. The highest BCUT2D eigenvalue weighted by atomic mass is 19.2. The molecule has 0 radical (unpaired) electrons. The maximum atomic E-state index is 14.3. The van der Waals surface area contributed by atoms with Crippen molar-refractivity contribution in [1.82, 2.24) is 4.98 Å². The van der Waals surface area contributed by atoms with E-state index in [1.54, 1.807) is 18.2 Å². The van der Waals surface area contributed by atoms with Crippen molar-refractivity contribution < 1.29 is 22.3 Å². The van der Waals surface area contributed by atoms with E-state index in [1.807, 2.05) is 0 Å². The van der Waals surface area contributed by atoms with Gasteiger partial charge in [0, 0.05) is 11.1 Å². The summed E-state index contributed by atoms with van der Waals surface area (Å²) >= 11 is 0. The number of nitrogens with zero attached hydrogens (tertiary/aromatic N) is 1. The Labute approximate surface area is 159 Å². The van der Waals surface area contributed by atoms with Crippen molar-refractivity contribution in [3.8, 4) is 28.8 Å². The van der Waals surface area contributed by atoms with Crippen LogP contribution in [0.3, 0.4) is 0 Å². The third kappa shape index (κ3) is 4.38. The molecule has 0 fully saturated rings. The Bertz CT molecular complexity index is 1060.